The lowest BCUT2D eigenvalue weighted by atomic mass is 10.1. The van der Waals surface area contributed by atoms with Crippen molar-refractivity contribution in [3.8, 4) is 0 Å². The highest BCUT2D eigenvalue weighted by Crippen LogP contribution is 2.16. The Morgan fingerprint density at radius 2 is 2.05 bits per heavy atom. The van der Waals surface area contributed by atoms with Crippen LogP contribution in [0.2, 0.25) is 0 Å². The van der Waals surface area contributed by atoms with Crippen LogP contribution >= 0.6 is 11.3 Å². The number of furan rings is 1. The number of hydrogen-bond acceptors (Lipinski definition) is 4. The summed E-state index contributed by atoms with van der Waals surface area (Å²) in [6.07, 6.45) is 0.760. The van der Waals surface area contributed by atoms with E-state index in [9.17, 15) is 9.59 Å². The first-order valence-corrected chi connectivity index (χ1v) is 7.62. The van der Waals surface area contributed by atoms with E-state index < -0.39 is 5.97 Å². The standard InChI is InChI=1S/C15H17NO4S/c1-3-16(10(2)8-11-6-7-21-9-11)14(17)12-4-5-13(20-12)15(18)19/h4-7,9-10H,3,8H2,1-2H3,(H,18,19)/t10-/m0/s1. The highest BCUT2D eigenvalue weighted by atomic mass is 32.1. The van der Waals surface area contributed by atoms with Crippen molar-refractivity contribution in [3.05, 3.63) is 46.0 Å². The molecule has 1 amide bonds. The molecule has 0 fully saturated rings. The van der Waals surface area contributed by atoms with E-state index in [1.165, 1.54) is 17.7 Å². The topological polar surface area (TPSA) is 70.8 Å². The minimum Gasteiger partial charge on any atom is -0.475 e. The van der Waals surface area contributed by atoms with Gasteiger partial charge in [-0.3, -0.25) is 4.79 Å². The monoisotopic (exact) mass is 307 g/mol. The predicted octanol–water partition coefficient (Wildman–Crippen LogP) is 3.13. The van der Waals surface area contributed by atoms with Crippen molar-refractivity contribution in [2.75, 3.05) is 6.54 Å². The number of carboxylic acid groups (broad SMARTS) is 1. The van der Waals surface area contributed by atoms with Crippen molar-refractivity contribution in [1.29, 1.82) is 0 Å². The molecule has 5 nitrogen and oxygen atoms in total. The minimum atomic E-state index is -1.18. The van der Waals surface area contributed by atoms with Gasteiger partial charge in [-0.25, -0.2) is 4.79 Å². The first-order valence-electron chi connectivity index (χ1n) is 6.68. The molecule has 0 spiro atoms. The Kier molecular flexibility index (Phi) is 4.80. The molecule has 0 bridgehead atoms. The summed E-state index contributed by atoms with van der Waals surface area (Å²) in [6, 6.07) is 4.75. The number of aromatic carboxylic acids is 1. The molecule has 2 rings (SSSR count). The number of rotatable bonds is 6. The van der Waals surface area contributed by atoms with Gasteiger partial charge in [0.15, 0.2) is 5.76 Å². The maximum absolute atomic E-state index is 12.4. The largest absolute Gasteiger partial charge is 0.475 e. The highest BCUT2D eigenvalue weighted by molar-refractivity contribution is 7.07. The fourth-order valence-electron chi connectivity index (χ4n) is 2.22. The molecular weight excluding hydrogens is 290 g/mol. The zero-order chi connectivity index (χ0) is 15.4. The molecule has 0 saturated heterocycles. The summed E-state index contributed by atoms with van der Waals surface area (Å²) in [6.45, 7) is 4.40. The molecule has 2 aromatic heterocycles. The number of likely N-dealkylation sites (N-methyl/N-ethyl adjacent to an activating group) is 1. The smallest absolute Gasteiger partial charge is 0.371 e. The van der Waals surface area contributed by atoms with Crippen LogP contribution < -0.4 is 0 Å². The van der Waals surface area contributed by atoms with E-state index in [2.05, 4.69) is 5.38 Å². The van der Waals surface area contributed by atoms with Crippen LogP contribution in [0.1, 0.15) is 40.5 Å². The maximum Gasteiger partial charge on any atom is 0.371 e. The van der Waals surface area contributed by atoms with Crippen LogP contribution in [-0.4, -0.2) is 34.5 Å². The van der Waals surface area contributed by atoms with Crippen LogP contribution in [0.5, 0.6) is 0 Å². The van der Waals surface area contributed by atoms with E-state index in [1.54, 1.807) is 16.2 Å². The van der Waals surface area contributed by atoms with Gasteiger partial charge in [0.25, 0.3) is 5.91 Å². The van der Waals surface area contributed by atoms with Crippen LogP contribution in [0.15, 0.2) is 33.4 Å². The first kappa shape index (κ1) is 15.3. The number of nitrogens with zero attached hydrogens (tertiary/aromatic N) is 1. The van der Waals surface area contributed by atoms with Crippen molar-refractivity contribution in [1.82, 2.24) is 4.90 Å². The Balaban J connectivity index is 2.11. The third-order valence-electron chi connectivity index (χ3n) is 3.27. The Bertz CT molecular complexity index is 617. The average molecular weight is 307 g/mol. The third-order valence-corrected chi connectivity index (χ3v) is 4.00. The number of amides is 1. The van der Waals surface area contributed by atoms with E-state index in [0.29, 0.717) is 6.54 Å². The molecule has 0 aliphatic heterocycles. The van der Waals surface area contributed by atoms with Gasteiger partial charge >= 0.3 is 5.97 Å². The Hall–Kier alpha value is -2.08. The van der Waals surface area contributed by atoms with Crippen LogP contribution in [0.25, 0.3) is 0 Å². The average Bonchev–Trinajstić information content (AvgIpc) is 3.09. The second-order valence-electron chi connectivity index (χ2n) is 4.74. The van der Waals surface area contributed by atoms with Crippen LogP contribution in [0.4, 0.5) is 0 Å². The summed E-state index contributed by atoms with van der Waals surface area (Å²) in [4.78, 5) is 24.9. The minimum absolute atomic E-state index is 0.00970. The normalized spacial score (nSPS) is 12.1. The molecule has 6 heteroatoms. The number of carbonyl (C=O) groups is 2. The maximum atomic E-state index is 12.4. The van der Waals surface area contributed by atoms with E-state index in [-0.39, 0.29) is 23.5 Å². The van der Waals surface area contributed by atoms with Crippen molar-refractivity contribution < 1.29 is 19.1 Å². The second-order valence-corrected chi connectivity index (χ2v) is 5.52. The Labute approximate surface area is 126 Å². The number of thiophene rings is 1. The van der Waals surface area contributed by atoms with Gasteiger partial charge in [-0.1, -0.05) is 0 Å². The molecular formula is C15H17NO4S. The molecule has 0 aliphatic carbocycles. The van der Waals surface area contributed by atoms with Gasteiger partial charge in [-0.05, 0) is 54.8 Å². The Morgan fingerprint density at radius 1 is 1.33 bits per heavy atom. The molecule has 1 N–H and O–H groups in total. The van der Waals surface area contributed by atoms with Crippen LogP contribution in [-0.2, 0) is 6.42 Å². The second kappa shape index (κ2) is 6.58. The van der Waals surface area contributed by atoms with Crippen LogP contribution in [0.3, 0.4) is 0 Å². The summed E-state index contributed by atoms with van der Waals surface area (Å²) >= 11 is 1.62. The lowest BCUT2D eigenvalue weighted by Crippen LogP contribution is -2.39. The lowest BCUT2D eigenvalue weighted by Gasteiger charge is -2.27. The van der Waals surface area contributed by atoms with Crippen LogP contribution in [0, 0.1) is 0 Å². The molecule has 0 saturated carbocycles. The molecule has 2 aromatic rings. The number of carboxylic acids is 1. The fraction of sp³-hybridized carbons (Fsp3) is 0.333. The van der Waals surface area contributed by atoms with E-state index >= 15 is 0 Å². The van der Waals surface area contributed by atoms with Gasteiger partial charge in [-0.15, -0.1) is 0 Å². The quantitative estimate of drug-likeness (QED) is 0.890. The molecule has 0 aromatic carbocycles. The molecule has 0 unspecified atom stereocenters. The van der Waals surface area contributed by atoms with Gasteiger partial charge < -0.3 is 14.4 Å². The molecule has 112 valence electrons. The van der Waals surface area contributed by atoms with E-state index in [0.717, 1.165) is 6.42 Å². The summed E-state index contributed by atoms with van der Waals surface area (Å²) in [5.41, 5.74) is 1.18. The van der Waals surface area contributed by atoms with Gasteiger partial charge in [0.05, 0.1) is 0 Å². The molecule has 0 radical (unpaired) electrons. The van der Waals surface area contributed by atoms with Gasteiger partial charge in [0.1, 0.15) is 0 Å². The summed E-state index contributed by atoms with van der Waals surface area (Å²) in [5, 5.41) is 12.9. The number of carbonyl (C=O) groups excluding carboxylic acids is 1. The van der Waals surface area contributed by atoms with E-state index in [4.69, 9.17) is 9.52 Å². The van der Waals surface area contributed by atoms with Gasteiger partial charge in [0.2, 0.25) is 5.76 Å². The SMILES string of the molecule is CCN(C(=O)c1ccc(C(=O)O)o1)[C@@H](C)Cc1ccsc1. The molecule has 1 atom stereocenters. The lowest BCUT2D eigenvalue weighted by molar-refractivity contribution is 0.0635. The van der Waals surface area contributed by atoms with Gasteiger partial charge in [0, 0.05) is 12.6 Å². The first-order chi connectivity index (χ1) is 10.0. The van der Waals surface area contributed by atoms with E-state index in [1.807, 2.05) is 25.3 Å². The molecule has 21 heavy (non-hydrogen) atoms. The molecule has 2 heterocycles. The predicted molar refractivity (Wildman–Crippen MR) is 79.9 cm³/mol. The summed E-state index contributed by atoms with van der Waals surface area (Å²) in [7, 11) is 0. The summed E-state index contributed by atoms with van der Waals surface area (Å²) in [5.74, 6) is -1.62. The molecule has 0 aliphatic rings. The van der Waals surface area contributed by atoms with Gasteiger partial charge in [-0.2, -0.15) is 11.3 Å². The third kappa shape index (κ3) is 3.52. The fourth-order valence-corrected chi connectivity index (χ4v) is 2.91. The highest BCUT2D eigenvalue weighted by Gasteiger charge is 2.24. The summed E-state index contributed by atoms with van der Waals surface area (Å²) < 4.78 is 5.09. The van der Waals surface area contributed by atoms with Crippen molar-refractivity contribution in [3.63, 3.8) is 0 Å². The van der Waals surface area contributed by atoms with Crippen molar-refractivity contribution in [2.45, 2.75) is 26.3 Å². The zero-order valence-corrected chi connectivity index (χ0v) is 12.7. The zero-order valence-electron chi connectivity index (χ0n) is 11.9. The number of hydrogen-bond donors (Lipinski definition) is 1. The Morgan fingerprint density at radius 3 is 2.57 bits per heavy atom. The van der Waals surface area contributed by atoms with Crippen molar-refractivity contribution >= 4 is 23.2 Å². The van der Waals surface area contributed by atoms with Crippen molar-refractivity contribution in [2.24, 2.45) is 0 Å².